The number of rotatable bonds is 6. The Hall–Kier alpha value is -1.91. The Morgan fingerprint density at radius 1 is 1.07 bits per heavy atom. The van der Waals surface area contributed by atoms with Crippen molar-refractivity contribution in [3.63, 3.8) is 0 Å². The highest BCUT2D eigenvalue weighted by Crippen LogP contribution is 2.44. The molecule has 1 heterocycles. The van der Waals surface area contributed by atoms with Crippen molar-refractivity contribution in [3.8, 4) is 0 Å². The lowest BCUT2D eigenvalue weighted by molar-refractivity contribution is 0.0548. The normalized spacial score (nSPS) is 24.7. The van der Waals surface area contributed by atoms with E-state index in [9.17, 15) is 9.90 Å². The molecule has 1 aromatic carbocycles. The van der Waals surface area contributed by atoms with Gasteiger partial charge >= 0.3 is 0 Å². The fraction of sp³-hybridized carbons (Fsp3) is 0.478. The maximum absolute atomic E-state index is 13.2. The van der Waals surface area contributed by atoms with Crippen LogP contribution in [0.2, 0.25) is 5.02 Å². The van der Waals surface area contributed by atoms with Gasteiger partial charge in [-0.25, -0.2) is 0 Å². The third kappa shape index (κ3) is 3.94. The van der Waals surface area contributed by atoms with E-state index < -0.39 is 0 Å². The molecule has 5 heteroatoms. The number of halogens is 1. The fourth-order valence-electron chi connectivity index (χ4n) is 4.68. The van der Waals surface area contributed by atoms with E-state index in [0.29, 0.717) is 16.6 Å². The van der Waals surface area contributed by atoms with Crippen LogP contribution in [0.15, 0.2) is 48.7 Å². The van der Waals surface area contributed by atoms with Crippen molar-refractivity contribution in [1.82, 2.24) is 9.88 Å². The van der Waals surface area contributed by atoms with E-state index in [-0.39, 0.29) is 24.0 Å². The van der Waals surface area contributed by atoms with Crippen molar-refractivity contribution in [2.75, 3.05) is 6.61 Å². The molecule has 0 unspecified atom stereocenters. The zero-order valence-electron chi connectivity index (χ0n) is 16.1. The molecule has 0 saturated heterocycles. The molecule has 2 fully saturated rings. The second-order valence-electron chi connectivity index (χ2n) is 8.15. The Labute approximate surface area is 171 Å². The minimum Gasteiger partial charge on any atom is -0.396 e. The van der Waals surface area contributed by atoms with Gasteiger partial charge in [-0.15, -0.1) is 0 Å². The monoisotopic (exact) mass is 398 g/mol. The van der Waals surface area contributed by atoms with Crippen LogP contribution in [-0.2, 0) is 5.41 Å². The van der Waals surface area contributed by atoms with Gasteiger partial charge in [0.05, 0.1) is 0 Å². The molecular weight excluding hydrogens is 372 g/mol. The maximum Gasteiger partial charge on any atom is 0.254 e. The van der Waals surface area contributed by atoms with E-state index in [2.05, 4.69) is 16.0 Å². The molecule has 1 amide bonds. The van der Waals surface area contributed by atoms with Crippen molar-refractivity contribution in [3.05, 3.63) is 64.9 Å². The van der Waals surface area contributed by atoms with Crippen LogP contribution in [0.3, 0.4) is 0 Å². The Morgan fingerprint density at radius 3 is 2.32 bits per heavy atom. The van der Waals surface area contributed by atoms with Gasteiger partial charge in [-0.3, -0.25) is 9.78 Å². The molecule has 28 heavy (non-hydrogen) atoms. The molecule has 0 aliphatic heterocycles. The Morgan fingerprint density at radius 2 is 1.75 bits per heavy atom. The summed E-state index contributed by atoms with van der Waals surface area (Å²) in [6, 6.07) is 13.9. The van der Waals surface area contributed by atoms with E-state index in [1.54, 1.807) is 12.1 Å². The van der Waals surface area contributed by atoms with Crippen LogP contribution in [0.1, 0.15) is 61.0 Å². The molecule has 2 aliphatic carbocycles. The molecule has 4 rings (SSSR count). The van der Waals surface area contributed by atoms with Gasteiger partial charge in [-0.2, -0.15) is 0 Å². The van der Waals surface area contributed by atoms with Gasteiger partial charge in [0.25, 0.3) is 5.91 Å². The summed E-state index contributed by atoms with van der Waals surface area (Å²) < 4.78 is 0. The third-order valence-electron chi connectivity index (χ3n) is 6.37. The summed E-state index contributed by atoms with van der Waals surface area (Å²) in [4.78, 5) is 20.0. The molecule has 0 bridgehead atoms. The van der Waals surface area contributed by atoms with Gasteiger partial charge in [0.2, 0.25) is 0 Å². The van der Waals surface area contributed by atoms with Crippen LogP contribution in [0.25, 0.3) is 0 Å². The number of carbonyl (C=O) groups excluding carboxylic acids is 1. The summed E-state index contributed by atoms with van der Waals surface area (Å²) >= 11 is 5.99. The molecule has 2 aliphatic rings. The quantitative estimate of drug-likeness (QED) is 0.773. The van der Waals surface area contributed by atoms with E-state index in [1.807, 2.05) is 30.5 Å². The van der Waals surface area contributed by atoms with E-state index in [4.69, 9.17) is 11.6 Å². The number of aliphatic hydroxyl groups excluding tert-OH is 1. The zero-order chi connectivity index (χ0) is 19.6. The summed E-state index contributed by atoms with van der Waals surface area (Å²) in [5.74, 6) is 0.122. The van der Waals surface area contributed by atoms with Gasteiger partial charge in [-0.05, 0) is 81.3 Å². The maximum atomic E-state index is 13.2. The number of pyridine rings is 1. The first-order chi connectivity index (χ1) is 13.6. The predicted molar refractivity (Wildman–Crippen MR) is 111 cm³/mol. The Kier molecular flexibility index (Phi) is 5.70. The van der Waals surface area contributed by atoms with Crippen LogP contribution < -0.4 is 0 Å². The van der Waals surface area contributed by atoms with E-state index in [0.717, 1.165) is 50.6 Å². The molecule has 1 aromatic heterocycles. The van der Waals surface area contributed by atoms with Crippen LogP contribution in [0.4, 0.5) is 0 Å². The second-order valence-corrected chi connectivity index (χ2v) is 8.59. The average molecular weight is 399 g/mol. The second kappa shape index (κ2) is 8.22. The average Bonchev–Trinajstić information content (AvgIpc) is 3.56. The van der Waals surface area contributed by atoms with Crippen molar-refractivity contribution < 1.29 is 9.90 Å². The van der Waals surface area contributed by atoms with Crippen LogP contribution in [0, 0.1) is 0 Å². The predicted octanol–water partition coefficient (Wildman–Crippen LogP) is 4.60. The van der Waals surface area contributed by atoms with Crippen LogP contribution >= 0.6 is 11.6 Å². The summed E-state index contributed by atoms with van der Waals surface area (Å²) in [5, 5.41) is 10.3. The van der Waals surface area contributed by atoms with Crippen LogP contribution in [0.5, 0.6) is 0 Å². The highest BCUT2D eigenvalue weighted by molar-refractivity contribution is 6.30. The zero-order valence-corrected chi connectivity index (χ0v) is 16.8. The highest BCUT2D eigenvalue weighted by atomic mass is 35.5. The summed E-state index contributed by atoms with van der Waals surface area (Å²) in [5.41, 5.74) is 1.71. The van der Waals surface area contributed by atoms with Gasteiger partial charge in [0, 0.05) is 46.6 Å². The standard InChI is InChI=1S/C23H27ClN2O2/c24-18-6-4-17(5-7-18)22(28)26(19-8-9-19)20-10-12-23(13-11-20,14-16-27)21-3-1-2-15-25-21/h1-7,15,19-20,27H,8-14,16H2. The lowest BCUT2D eigenvalue weighted by Gasteiger charge is -2.43. The summed E-state index contributed by atoms with van der Waals surface area (Å²) in [7, 11) is 0. The Balaban J connectivity index is 1.52. The first-order valence-corrected chi connectivity index (χ1v) is 10.6. The SMILES string of the molecule is O=C(c1ccc(Cl)cc1)N(C1CC1)C1CCC(CCO)(c2ccccn2)CC1. The minimum atomic E-state index is -0.0783. The highest BCUT2D eigenvalue weighted by Gasteiger charge is 2.43. The number of hydrogen-bond donors (Lipinski definition) is 1. The fourth-order valence-corrected chi connectivity index (χ4v) is 4.81. The van der Waals surface area contributed by atoms with E-state index >= 15 is 0 Å². The van der Waals surface area contributed by atoms with Gasteiger partial charge in [0.1, 0.15) is 0 Å². The third-order valence-corrected chi connectivity index (χ3v) is 6.62. The number of carbonyl (C=O) groups is 1. The first-order valence-electron chi connectivity index (χ1n) is 10.2. The molecule has 0 atom stereocenters. The van der Waals surface area contributed by atoms with Gasteiger partial charge in [-0.1, -0.05) is 17.7 Å². The molecule has 148 valence electrons. The lowest BCUT2D eigenvalue weighted by atomic mass is 9.68. The topological polar surface area (TPSA) is 53.4 Å². The molecule has 0 radical (unpaired) electrons. The Bertz CT molecular complexity index is 797. The molecule has 1 N–H and O–H groups in total. The number of hydrogen-bond acceptors (Lipinski definition) is 3. The number of nitrogens with zero attached hydrogens (tertiary/aromatic N) is 2. The van der Waals surface area contributed by atoms with Crippen molar-refractivity contribution in [2.45, 2.75) is 62.4 Å². The van der Waals surface area contributed by atoms with Crippen molar-refractivity contribution in [2.24, 2.45) is 0 Å². The number of aliphatic hydroxyl groups is 1. The van der Waals surface area contributed by atoms with Gasteiger partial charge in [0.15, 0.2) is 0 Å². The molecule has 4 nitrogen and oxygen atoms in total. The first kappa shape index (κ1) is 19.4. The van der Waals surface area contributed by atoms with Gasteiger partial charge < -0.3 is 10.0 Å². The largest absolute Gasteiger partial charge is 0.396 e. The smallest absolute Gasteiger partial charge is 0.254 e. The van der Waals surface area contributed by atoms with Crippen molar-refractivity contribution in [1.29, 1.82) is 0 Å². The van der Waals surface area contributed by atoms with Crippen molar-refractivity contribution >= 4 is 17.5 Å². The summed E-state index contributed by atoms with van der Waals surface area (Å²) in [6.07, 6.45) is 8.56. The minimum absolute atomic E-state index is 0.0783. The molecule has 2 saturated carbocycles. The van der Waals surface area contributed by atoms with E-state index in [1.165, 1.54) is 0 Å². The molecular formula is C23H27ClN2O2. The molecule has 0 spiro atoms. The number of amides is 1. The summed E-state index contributed by atoms with van der Waals surface area (Å²) in [6.45, 7) is 0.164. The lowest BCUT2D eigenvalue weighted by Crippen LogP contribution is -2.47. The van der Waals surface area contributed by atoms with Crippen LogP contribution in [-0.4, -0.2) is 39.6 Å². The number of aromatic nitrogens is 1. The molecule has 2 aromatic rings. The number of benzene rings is 1.